The number of halogens is 2. The van der Waals surface area contributed by atoms with Gasteiger partial charge in [-0.1, -0.05) is 35.9 Å². The van der Waals surface area contributed by atoms with E-state index in [0.29, 0.717) is 34.4 Å². The zero-order valence-corrected chi connectivity index (χ0v) is 19.5. The van der Waals surface area contributed by atoms with E-state index in [1.807, 2.05) is 30.3 Å². The summed E-state index contributed by atoms with van der Waals surface area (Å²) in [6.45, 7) is 0.397. The molecule has 3 rings (SSSR count). The van der Waals surface area contributed by atoms with Crippen molar-refractivity contribution in [3.05, 3.63) is 92.0 Å². The zero-order valence-electron chi connectivity index (χ0n) is 16.6. The van der Waals surface area contributed by atoms with E-state index in [9.17, 15) is 10.1 Å². The van der Waals surface area contributed by atoms with Crippen LogP contribution in [0.15, 0.2) is 72.3 Å². The molecular weight excluding hydrogens is 527 g/mol. The van der Waals surface area contributed by atoms with Crippen molar-refractivity contribution in [1.82, 2.24) is 0 Å². The predicted molar refractivity (Wildman–Crippen MR) is 130 cm³/mol. The summed E-state index contributed by atoms with van der Waals surface area (Å²) in [6, 6.07) is 21.9. The summed E-state index contributed by atoms with van der Waals surface area (Å²) in [6.07, 6.45) is 1.49. The van der Waals surface area contributed by atoms with E-state index in [2.05, 4.69) is 27.9 Å². The van der Waals surface area contributed by atoms with Crippen LogP contribution in [0.3, 0.4) is 0 Å². The molecule has 0 bridgehead atoms. The second-order valence-electron chi connectivity index (χ2n) is 6.46. The number of nitrogens with zero attached hydrogens (tertiary/aromatic N) is 1. The van der Waals surface area contributed by atoms with Crippen molar-refractivity contribution in [1.29, 1.82) is 5.26 Å². The molecule has 0 saturated carbocycles. The van der Waals surface area contributed by atoms with Gasteiger partial charge in [-0.15, -0.1) is 0 Å². The van der Waals surface area contributed by atoms with Crippen LogP contribution in [0.1, 0.15) is 11.1 Å². The molecule has 0 unspecified atom stereocenters. The average molecular weight is 545 g/mol. The first-order valence-corrected chi connectivity index (χ1v) is 10.7. The summed E-state index contributed by atoms with van der Waals surface area (Å²) in [5, 5.41) is 12.6. The monoisotopic (exact) mass is 544 g/mol. The molecule has 1 N–H and O–H groups in total. The molecule has 0 atom stereocenters. The Morgan fingerprint density at radius 2 is 1.90 bits per heavy atom. The molecule has 3 aromatic carbocycles. The molecule has 1 amide bonds. The topological polar surface area (TPSA) is 71.3 Å². The molecule has 3 aromatic rings. The number of carbonyl (C=O) groups excluding carboxylic acids is 1. The fourth-order valence-corrected chi connectivity index (χ4v) is 3.26. The maximum absolute atomic E-state index is 12.5. The number of rotatable bonds is 7. The van der Waals surface area contributed by atoms with Gasteiger partial charge in [-0.2, -0.15) is 5.26 Å². The second kappa shape index (κ2) is 10.8. The van der Waals surface area contributed by atoms with E-state index < -0.39 is 5.91 Å². The summed E-state index contributed by atoms with van der Waals surface area (Å²) in [7, 11) is 1.54. The number of anilines is 1. The van der Waals surface area contributed by atoms with Gasteiger partial charge in [-0.05, 0) is 82.3 Å². The minimum atomic E-state index is -0.525. The summed E-state index contributed by atoms with van der Waals surface area (Å²) in [5.41, 5.74) is 2.14. The lowest BCUT2D eigenvalue weighted by Crippen LogP contribution is -2.13. The van der Waals surface area contributed by atoms with Gasteiger partial charge in [0.15, 0.2) is 11.5 Å². The molecule has 0 heterocycles. The number of hydrogen-bond acceptors (Lipinski definition) is 4. The Kier molecular flexibility index (Phi) is 7.93. The molecule has 0 fully saturated rings. The van der Waals surface area contributed by atoms with Crippen molar-refractivity contribution >= 4 is 51.9 Å². The second-order valence-corrected chi connectivity index (χ2v) is 8.14. The number of hydrogen-bond donors (Lipinski definition) is 1. The van der Waals surface area contributed by atoms with E-state index in [1.165, 1.54) is 13.2 Å². The molecular formula is C24H18ClIN2O3. The highest BCUT2D eigenvalue weighted by molar-refractivity contribution is 14.1. The average Bonchev–Trinajstić information content (AvgIpc) is 2.77. The van der Waals surface area contributed by atoms with Gasteiger partial charge < -0.3 is 14.8 Å². The summed E-state index contributed by atoms with van der Waals surface area (Å²) >= 11 is 8.19. The lowest BCUT2D eigenvalue weighted by Gasteiger charge is -2.12. The van der Waals surface area contributed by atoms with Crippen LogP contribution in [-0.4, -0.2) is 13.0 Å². The van der Waals surface area contributed by atoms with Crippen LogP contribution in [0.4, 0.5) is 5.69 Å². The highest BCUT2D eigenvalue weighted by atomic mass is 127. The molecule has 0 aliphatic carbocycles. The number of amides is 1. The number of ether oxygens (including phenoxy) is 2. The minimum Gasteiger partial charge on any atom is -0.493 e. The third-order valence-corrected chi connectivity index (χ3v) is 5.21. The van der Waals surface area contributed by atoms with Crippen LogP contribution in [0, 0.1) is 14.9 Å². The van der Waals surface area contributed by atoms with Crippen LogP contribution in [-0.2, 0) is 11.4 Å². The Balaban J connectivity index is 1.74. The van der Waals surface area contributed by atoms with Crippen molar-refractivity contribution in [2.75, 3.05) is 12.4 Å². The van der Waals surface area contributed by atoms with Gasteiger partial charge in [0.1, 0.15) is 18.2 Å². The number of nitrogens with one attached hydrogen (secondary N) is 1. The maximum Gasteiger partial charge on any atom is 0.266 e. The fraction of sp³-hybridized carbons (Fsp3) is 0.0833. The SMILES string of the molecule is COc1cc(/C=C(/C#N)C(=O)Nc2cccc(Cl)c2)ccc1OCc1ccc(I)cc1. The summed E-state index contributed by atoms with van der Waals surface area (Å²) in [5.74, 6) is 0.551. The quantitative estimate of drug-likeness (QED) is 0.222. The summed E-state index contributed by atoms with van der Waals surface area (Å²) in [4.78, 5) is 12.5. The lowest BCUT2D eigenvalue weighted by molar-refractivity contribution is -0.112. The highest BCUT2D eigenvalue weighted by Crippen LogP contribution is 2.30. The van der Waals surface area contributed by atoms with Crippen LogP contribution in [0.5, 0.6) is 11.5 Å². The van der Waals surface area contributed by atoms with E-state index in [4.69, 9.17) is 21.1 Å². The molecule has 0 saturated heterocycles. The number of benzene rings is 3. The predicted octanol–water partition coefficient (Wildman–Crippen LogP) is 6.08. The third kappa shape index (κ3) is 6.48. The highest BCUT2D eigenvalue weighted by Gasteiger charge is 2.12. The molecule has 0 aliphatic rings. The summed E-state index contributed by atoms with van der Waals surface area (Å²) < 4.78 is 12.5. The third-order valence-electron chi connectivity index (χ3n) is 4.25. The molecule has 31 heavy (non-hydrogen) atoms. The van der Waals surface area contributed by atoms with Crippen molar-refractivity contribution in [2.24, 2.45) is 0 Å². The molecule has 0 radical (unpaired) electrons. The van der Waals surface area contributed by atoms with Crippen molar-refractivity contribution in [2.45, 2.75) is 6.61 Å². The largest absolute Gasteiger partial charge is 0.493 e. The molecule has 0 aliphatic heterocycles. The van der Waals surface area contributed by atoms with E-state index >= 15 is 0 Å². The number of methoxy groups -OCH3 is 1. The van der Waals surface area contributed by atoms with Crippen LogP contribution >= 0.6 is 34.2 Å². The van der Waals surface area contributed by atoms with E-state index in [-0.39, 0.29) is 5.57 Å². The molecule has 0 spiro atoms. The fourth-order valence-electron chi connectivity index (χ4n) is 2.71. The van der Waals surface area contributed by atoms with Gasteiger partial charge >= 0.3 is 0 Å². The molecule has 7 heteroatoms. The smallest absolute Gasteiger partial charge is 0.266 e. The van der Waals surface area contributed by atoms with Gasteiger partial charge in [0.2, 0.25) is 0 Å². The van der Waals surface area contributed by atoms with Gasteiger partial charge in [0.25, 0.3) is 5.91 Å². The molecule has 5 nitrogen and oxygen atoms in total. The lowest BCUT2D eigenvalue weighted by atomic mass is 10.1. The first kappa shape index (κ1) is 22.7. The van der Waals surface area contributed by atoms with E-state index in [0.717, 1.165) is 9.13 Å². The van der Waals surface area contributed by atoms with Crippen molar-refractivity contribution < 1.29 is 14.3 Å². The van der Waals surface area contributed by atoms with Crippen molar-refractivity contribution in [3.8, 4) is 17.6 Å². The first-order chi connectivity index (χ1) is 15.0. The molecule has 156 valence electrons. The van der Waals surface area contributed by atoms with Gasteiger partial charge in [0.05, 0.1) is 7.11 Å². The van der Waals surface area contributed by atoms with Crippen LogP contribution in [0.2, 0.25) is 5.02 Å². The standard InChI is InChI=1S/C24H18ClIN2O3/c1-30-23-12-17(7-10-22(23)31-15-16-5-8-20(26)9-6-16)11-18(14-27)24(29)28-21-4-2-3-19(25)13-21/h2-13H,15H2,1H3,(H,28,29)/b18-11-. The van der Waals surface area contributed by atoms with Gasteiger partial charge in [-0.25, -0.2) is 0 Å². The minimum absolute atomic E-state index is 0.0467. The van der Waals surface area contributed by atoms with E-state index in [1.54, 1.807) is 42.5 Å². The van der Waals surface area contributed by atoms with Crippen LogP contribution < -0.4 is 14.8 Å². The van der Waals surface area contributed by atoms with Gasteiger partial charge in [0, 0.05) is 14.3 Å². The van der Waals surface area contributed by atoms with Crippen LogP contribution in [0.25, 0.3) is 6.08 Å². The zero-order chi connectivity index (χ0) is 22.2. The van der Waals surface area contributed by atoms with Gasteiger partial charge in [-0.3, -0.25) is 4.79 Å². The Morgan fingerprint density at radius 3 is 2.58 bits per heavy atom. The molecule has 0 aromatic heterocycles. The Hall–Kier alpha value is -3.02. The Bertz CT molecular complexity index is 1150. The maximum atomic E-state index is 12.5. The Labute approximate surface area is 199 Å². The normalized spacial score (nSPS) is 10.8. The first-order valence-electron chi connectivity index (χ1n) is 9.22. The number of carbonyl (C=O) groups is 1. The number of nitriles is 1. The van der Waals surface area contributed by atoms with Crippen molar-refractivity contribution in [3.63, 3.8) is 0 Å². The Morgan fingerprint density at radius 1 is 1.13 bits per heavy atom.